The smallest absolute Gasteiger partial charge is 0.219 e. The molecule has 6 heteroatoms. The van der Waals surface area contributed by atoms with Gasteiger partial charge in [-0.25, -0.2) is 12.8 Å². The normalized spacial score (nSPS) is 16.8. The largest absolute Gasteiger partial charge is 0.355 e. The van der Waals surface area contributed by atoms with Gasteiger partial charge < -0.3 is 5.32 Å². The Morgan fingerprint density at radius 1 is 1.19 bits per heavy atom. The molecule has 0 unspecified atom stereocenters. The summed E-state index contributed by atoms with van der Waals surface area (Å²) in [5.74, 6) is -0.698. The molecule has 0 aromatic heterocycles. The zero-order valence-corrected chi connectivity index (χ0v) is 15.5. The number of halogens is 1. The summed E-state index contributed by atoms with van der Waals surface area (Å²) >= 11 is 0. The number of hydrogen-bond acceptors (Lipinski definition) is 3. The van der Waals surface area contributed by atoms with Crippen LogP contribution >= 0.6 is 0 Å². The molecule has 0 aliphatic heterocycles. The lowest BCUT2D eigenvalue weighted by Gasteiger charge is -2.27. The molecule has 1 N–H and O–H groups in total. The zero-order chi connectivity index (χ0) is 18.7. The summed E-state index contributed by atoms with van der Waals surface area (Å²) in [5.41, 5.74) is 1.26. The first-order valence-corrected chi connectivity index (χ1v) is 10.3. The highest BCUT2D eigenvalue weighted by molar-refractivity contribution is 7.91. The van der Waals surface area contributed by atoms with Crippen LogP contribution in [0.2, 0.25) is 0 Å². The summed E-state index contributed by atoms with van der Waals surface area (Å²) in [4.78, 5) is 11.6. The molecule has 2 aromatic carbocycles. The molecular weight excluding hydrogens is 353 g/mol. The fourth-order valence-electron chi connectivity index (χ4n) is 3.45. The Balaban J connectivity index is 1.96. The van der Waals surface area contributed by atoms with E-state index < -0.39 is 15.7 Å². The highest BCUT2D eigenvalue weighted by Gasteiger charge is 2.28. The van der Waals surface area contributed by atoms with E-state index in [0.29, 0.717) is 24.9 Å². The molecule has 1 aliphatic carbocycles. The molecule has 4 nitrogen and oxygen atoms in total. The Morgan fingerprint density at radius 3 is 2.62 bits per heavy atom. The number of rotatable bonds is 5. The van der Waals surface area contributed by atoms with Crippen molar-refractivity contribution >= 4 is 15.7 Å². The van der Waals surface area contributed by atoms with Crippen molar-refractivity contribution in [1.29, 1.82) is 0 Å². The van der Waals surface area contributed by atoms with Gasteiger partial charge in [0, 0.05) is 18.9 Å². The minimum atomic E-state index is -3.75. The van der Waals surface area contributed by atoms with E-state index in [9.17, 15) is 17.6 Å². The minimum Gasteiger partial charge on any atom is -0.355 e. The van der Waals surface area contributed by atoms with Crippen LogP contribution in [0, 0.1) is 5.82 Å². The predicted molar refractivity (Wildman–Crippen MR) is 97.3 cm³/mol. The fraction of sp³-hybridized carbons (Fsp3) is 0.350. The minimum absolute atomic E-state index is 0.0156. The zero-order valence-electron chi connectivity index (χ0n) is 14.7. The maximum Gasteiger partial charge on any atom is 0.219 e. The summed E-state index contributed by atoms with van der Waals surface area (Å²) in [6.07, 6.45) is 2.64. The van der Waals surface area contributed by atoms with Gasteiger partial charge in [0.2, 0.25) is 15.7 Å². The monoisotopic (exact) mass is 375 g/mol. The Labute approximate surface area is 153 Å². The number of hydrogen-bond donors (Lipinski definition) is 1. The quantitative estimate of drug-likeness (QED) is 0.868. The number of carbonyl (C=O) groups is 1. The van der Waals surface area contributed by atoms with Crippen molar-refractivity contribution in [2.45, 2.75) is 48.3 Å². The molecule has 3 rings (SSSR count). The standard InChI is InChI=1S/C20H22FNO3S/c1-2-19(23)22-13-15-8-6-7-14-11-17(12-18(21)20(14)15)26(24,25)16-9-4-3-5-10-16/h3-5,9-12,15H,2,6-8,13H2,1H3,(H,22,23)/t15-/m0/s1. The van der Waals surface area contributed by atoms with Gasteiger partial charge in [0.15, 0.2) is 0 Å². The van der Waals surface area contributed by atoms with Crippen molar-refractivity contribution < 1.29 is 17.6 Å². The number of nitrogens with one attached hydrogen (secondary N) is 1. The lowest BCUT2D eigenvalue weighted by Crippen LogP contribution is -2.30. The lowest BCUT2D eigenvalue weighted by molar-refractivity contribution is -0.120. The van der Waals surface area contributed by atoms with Crippen LogP contribution in [-0.4, -0.2) is 20.9 Å². The van der Waals surface area contributed by atoms with Crippen molar-refractivity contribution in [3.8, 4) is 0 Å². The lowest BCUT2D eigenvalue weighted by atomic mass is 9.82. The second-order valence-electron chi connectivity index (χ2n) is 6.54. The number of benzene rings is 2. The molecule has 1 amide bonds. The average molecular weight is 375 g/mol. The summed E-state index contributed by atoms with van der Waals surface area (Å²) in [6.45, 7) is 2.15. The molecule has 0 spiro atoms. The van der Waals surface area contributed by atoms with E-state index >= 15 is 0 Å². The van der Waals surface area contributed by atoms with Crippen molar-refractivity contribution in [3.63, 3.8) is 0 Å². The molecular formula is C20H22FNO3S. The average Bonchev–Trinajstić information content (AvgIpc) is 2.66. The Kier molecular flexibility index (Phi) is 5.41. The third-order valence-electron chi connectivity index (χ3n) is 4.83. The number of aryl methyl sites for hydroxylation is 1. The van der Waals surface area contributed by atoms with Crippen LogP contribution in [0.15, 0.2) is 52.3 Å². The summed E-state index contributed by atoms with van der Waals surface area (Å²) < 4.78 is 40.4. The van der Waals surface area contributed by atoms with Gasteiger partial charge in [0.1, 0.15) is 5.82 Å². The van der Waals surface area contributed by atoms with Gasteiger partial charge in [-0.05, 0) is 54.7 Å². The first-order chi connectivity index (χ1) is 12.4. The van der Waals surface area contributed by atoms with Crippen molar-refractivity contribution in [1.82, 2.24) is 5.32 Å². The maximum atomic E-state index is 14.9. The second-order valence-corrected chi connectivity index (χ2v) is 8.49. The molecule has 0 fully saturated rings. The van der Waals surface area contributed by atoms with Crippen molar-refractivity contribution in [2.24, 2.45) is 0 Å². The molecule has 0 saturated carbocycles. The third kappa shape index (κ3) is 3.65. The summed E-state index contributed by atoms with van der Waals surface area (Å²) in [6, 6.07) is 10.8. The van der Waals surface area contributed by atoms with E-state index in [-0.39, 0.29) is 21.6 Å². The van der Waals surface area contributed by atoms with Crippen LogP contribution in [-0.2, 0) is 21.1 Å². The predicted octanol–water partition coefficient (Wildman–Crippen LogP) is 3.60. The maximum absolute atomic E-state index is 14.9. The molecule has 0 radical (unpaired) electrons. The number of sulfone groups is 1. The van der Waals surface area contributed by atoms with Crippen LogP contribution in [0.1, 0.15) is 43.2 Å². The van der Waals surface area contributed by atoms with Crippen LogP contribution in [0.25, 0.3) is 0 Å². The summed E-state index contributed by atoms with van der Waals surface area (Å²) in [7, 11) is -3.75. The third-order valence-corrected chi connectivity index (χ3v) is 6.58. The van der Waals surface area contributed by atoms with Crippen LogP contribution in [0.3, 0.4) is 0 Å². The van der Waals surface area contributed by atoms with E-state index in [4.69, 9.17) is 0 Å². The Morgan fingerprint density at radius 2 is 1.92 bits per heavy atom. The molecule has 1 aliphatic rings. The first-order valence-electron chi connectivity index (χ1n) is 8.82. The first kappa shape index (κ1) is 18.6. The van der Waals surface area contributed by atoms with E-state index in [1.807, 2.05) is 0 Å². The van der Waals surface area contributed by atoms with Crippen molar-refractivity contribution in [3.05, 3.63) is 59.4 Å². The van der Waals surface area contributed by atoms with Gasteiger partial charge in [-0.3, -0.25) is 4.79 Å². The molecule has 0 bridgehead atoms. The SMILES string of the molecule is CCC(=O)NC[C@@H]1CCCc2cc(S(=O)(=O)c3ccccc3)cc(F)c21. The van der Waals surface area contributed by atoms with E-state index in [1.54, 1.807) is 31.2 Å². The molecule has 138 valence electrons. The number of fused-ring (bicyclic) bond motifs is 1. The van der Waals surface area contributed by atoms with E-state index in [2.05, 4.69) is 5.32 Å². The van der Waals surface area contributed by atoms with Gasteiger partial charge in [-0.15, -0.1) is 0 Å². The molecule has 0 saturated heterocycles. The summed E-state index contributed by atoms with van der Waals surface area (Å²) in [5, 5.41) is 2.82. The van der Waals surface area contributed by atoms with Gasteiger partial charge in [-0.2, -0.15) is 0 Å². The van der Waals surface area contributed by atoms with Crippen LogP contribution in [0.5, 0.6) is 0 Å². The fourth-order valence-corrected chi connectivity index (χ4v) is 4.80. The molecule has 1 atom stereocenters. The molecule has 0 heterocycles. The second kappa shape index (κ2) is 7.58. The van der Waals surface area contributed by atoms with E-state index in [0.717, 1.165) is 24.5 Å². The van der Waals surface area contributed by atoms with Gasteiger partial charge >= 0.3 is 0 Å². The Hall–Kier alpha value is -2.21. The van der Waals surface area contributed by atoms with Crippen LogP contribution in [0.4, 0.5) is 4.39 Å². The highest BCUT2D eigenvalue weighted by atomic mass is 32.2. The number of carbonyl (C=O) groups excluding carboxylic acids is 1. The molecule has 2 aromatic rings. The van der Waals surface area contributed by atoms with Gasteiger partial charge in [0.05, 0.1) is 9.79 Å². The van der Waals surface area contributed by atoms with Gasteiger partial charge in [-0.1, -0.05) is 25.1 Å². The number of amides is 1. The van der Waals surface area contributed by atoms with Gasteiger partial charge in [0.25, 0.3) is 0 Å². The van der Waals surface area contributed by atoms with Crippen LogP contribution < -0.4 is 5.32 Å². The highest BCUT2D eigenvalue weighted by Crippen LogP contribution is 2.36. The van der Waals surface area contributed by atoms with Crippen molar-refractivity contribution in [2.75, 3.05) is 6.54 Å². The van der Waals surface area contributed by atoms with E-state index in [1.165, 1.54) is 12.1 Å². The Bertz CT molecular complexity index is 910. The topological polar surface area (TPSA) is 63.2 Å². The molecule has 26 heavy (non-hydrogen) atoms.